The van der Waals surface area contributed by atoms with Gasteiger partial charge in [0.2, 0.25) is 0 Å². The van der Waals surface area contributed by atoms with Crippen molar-refractivity contribution in [3.8, 4) is 0 Å². The average molecular weight is 311 g/mol. The van der Waals surface area contributed by atoms with Crippen LogP contribution in [0.3, 0.4) is 0 Å². The van der Waals surface area contributed by atoms with Crippen LogP contribution in [-0.4, -0.2) is 27.4 Å². The first-order valence-corrected chi connectivity index (χ1v) is 8.90. The van der Waals surface area contributed by atoms with Gasteiger partial charge in [-0.2, -0.15) is 0 Å². The lowest BCUT2D eigenvalue weighted by Gasteiger charge is -2.41. The fourth-order valence-corrected chi connectivity index (χ4v) is 4.39. The minimum absolute atomic E-state index is 0.0289. The van der Waals surface area contributed by atoms with Gasteiger partial charge in [0, 0.05) is 25.4 Å². The van der Waals surface area contributed by atoms with Crippen LogP contribution in [0.1, 0.15) is 43.4 Å². The molecule has 0 N–H and O–H groups in total. The topological polar surface area (TPSA) is 37.6 Å². The van der Waals surface area contributed by atoms with Gasteiger partial charge in [-0.05, 0) is 49.8 Å². The van der Waals surface area contributed by atoms with E-state index in [9.17, 15) is 4.79 Å². The SMILES string of the molecule is Cc1ccc2nc(CN3CC[C@@H]4CCCC[C@@H]4C3)cc(=O)n2c1. The average Bonchev–Trinajstić information content (AvgIpc) is 2.55. The highest BCUT2D eigenvalue weighted by Gasteiger charge is 2.31. The van der Waals surface area contributed by atoms with Crippen LogP contribution in [0.2, 0.25) is 0 Å². The number of hydrogen-bond acceptors (Lipinski definition) is 3. The predicted octanol–water partition coefficient (Wildman–Crippen LogP) is 3.02. The van der Waals surface area contributed by atoms with Crippen LogP contribution >= 0.6 is 0 Å². The Labute approximate surface area is 137 Å². The monoisotopic (exact) mass is 311 g/mol. The van der Waals surface area contributed by atoms with Crippen molar-refractivity contribution in [2.45, 2.75) is 45.6 Å². The van der Waals surface area contributed by atoms with Crippen molar-refractivity contribution in [3.63, 3.8) is 0 Å². The van der Waals surface area contributed by atoms with Gasteiger partial charge in [0.25, 0.3) is 5.56 Å². The summed E-state index contributed by atoms with van der Waals surface area (Å²) in [4.78, 5) is 19.5. The summed E-state index contributed by atoms with van der Waals surface area (Å²) in [5.41, 5.74) is 2.77. The van der Waals surface area contributed by atoms with Gasteiger partial charge in [0.1, 0.15) is 5.65 Å². The Hall–Kier alpha value is -1.68. The van der Waals surface area contributed by atoms with Crippen molar-refractivity contribution in [2.24, 2.45) is 11.8 Å². The number of aryl methyl sites for hydroxylation is 1. The summed E-state index contributed by atoms with van der Waals surface area (Å²) in [5.74, 6) is 1.81. The lowest BCUT2D eigenvalue weighted by Crippen LogP contribution is -2.41. The first kappa shape index (κ1) is 14.9. The molecule has 4 rings (SSSR count). The van der Waals surface area contributed by atoms with Gasteiger partial charge < -0.3 is 0 Å². The summed E-state index contributed by atoms with van der Waals surface area (Å²) in [6.45, 7) is 5.13. The van der Waals surface area contributed by atoms with Crippen LogP contribution < -0.4 is 5.56 Å². The fourth-order valence-electron chi connectivity index (χ4n) is 4.39. The Morgan fingerprint density at radius 1 is 1.17 bits per heavy atom. The van der Waals surface area contributed by atoms with E-state index in [1.807, 2.05) is 25.3 Å². The molecular weight excluding hydrogens is 286 g/mol. The Morgan fingerprint density at radius 3 is 2.87 bits per heavy atom. The molecule has 1 saturated carbocycles. The number of aromatic nitrogens is 2. The summed E-state index contributed by atoms with van der Waals surface area (Å²) in [6.07, 6.45) is 8.80. The van der Waals surface area contributed by atoms with E-state index in [-0.39, 0.29) is 5.56 Å². The zero-order chi connectivity index (χ0) is 15.8. The van der Waals surface area contributed by atoms with Crippen LogP contribution in [0, 0.1) is 18.8 Å². The number of pyridine rings is 1. The van der Waals surface area contributed by atoms with E-state index in [0.717, 1.165) is 41.8 Å². The normalized spacial score (nSPS) is 25.4. The Kier molecular flexibility index (Phi) is 3.93. The molecule has 0 aromatic carbocycles. The zero-order valence-electron chi connectivity index (χ0n) is 13.9. The molecule has 1 aliphatic carbocycles. The molecule has 4 nitrogen and oxygen atoms in total. The second-order valence-corrected chi connectivity index (χ2v) is 7.35. The number of likely N-dealkylation sites (tertiary alicyclic amines) is 1. The van der Waals surface area contributed by atoms with Crippen LogP contribution in [0.4, 0.5) is 0 Å². The van der Waals surface area contributed by atoms with Crippen LogP contribution in [0.5, 0.6) is 0 Å². The highest BCUT2D eigenvalue weighted by molar-refractivity contribution is 5.39. The first-order chi connectivity index (χ1) is 11.2. The second-order valence-electron chi connectivity index (χ2n) is 7.35. The third kappa shape index (κ3) is 3.05. The zero-order valence-corrected chi connectivity index (χ0v) is 13.9. The second kappa shape index (κ2) is 6.08. The van der Waals surface area contributed by atoms with Crippen LogP contribution in [0.25, 0.3) is 5.65 Å². The molecule has 4 heteroatoms. The quantitative estimate of drug-likeness (QED) is 0.855. The van der Waals surface area contributed by atoms with Crippen LogP contribution in [-0.2, 0) is 6.54 Å². The van der Waals surface area contributed by atoms with Crippen molar-refractivity contribution in [2.75, 3.05) is 13.1 Å². The molecular formula is C19H25N3O. The number of rotatable bonds is 2. The third-order valence-electron chi connectivity index (χ3n) is 5.62. The Morgan fingerprint density at radius 2 is 2.00 bits per heavy atom. The van der Waals surface area contributed by atoms with Gasteiger partial charge in [-0.3, -0.25) is 14.1 Å². The molecule has 2 aromatic heterocycles. The van der Waals surface area contributed by atoms with Gasteiger partial charge in [0.05, 0.1) is 5.69 Å². The minimum Gasteiger partial charge on any atom is -0.297 e. The molecule has 0 radical (unpaired) electrons. The van der Waals surface area contributed by atoms with Crippen LogP contribution in [0.15, 0.2) is 29.2 Å². The van der Waals surface area contributed by atoms with E-state index in [1.165, 1.54) is 38.6 Å². The molecule has 0 spiro atoms. The maximum atomic E-state index is 12.3. The summed E-state index contributed by atoms with van der Waals surface area (Å²) < 4.78 is 1.65. The van der Waals surface area contributed by atoms with Gasteiger partial charge in [-0.15, -0.1) is 0 Å². The standard InChI is InChI=1S/C19H25N3O/c1-14-6-7-18-20-17(10-19(23)22(18)11-14)13-21-9-8-15-4-2-3-5-16(15)12-21/h6-7,10-11,15-16H,2-5,8-9,12-13H2,1H3/t15-,16+/m0/s1. The molecule has 3 heterocycles. The molecule has 2 fully saturated rings. The third-order valence-corrected chi connectivity index (χ3v) is 5.62. The van der Waals surface area contributed by atoms with Gasteiger partial charge in [-0.1, -0.05) is 25.3 Å². The van der Waals surface area contributed by atoms with E-state index in [0.29, 0.717) is 0 Å². The van der Waals surface area contributed by atoms with E-state index >= 15 is 0 Å². The molecule has 1 saturated heterocycles. The number of nitrogens with zero attached hydrogens (tertiary/aromatic N) is 3. The largest absolute Gasteiger partial charge is 0.297 e. The molecule has 1 aliphatic heterocycles. The summed E-state index contributed by atoms with van der Waals surface area (Å²) >= 11 is 0. The summed E-state index contributed by atoms with van der Waals surface area (Å²) in [6, 6.07) is 5.66. The lowest BCUT2D eigenvalue weighted by molar-refractivity contribution is 0.0812. The smallest absolute Gasteiger partial charge is 0.258 e. The Balaban J connectivity index is 1.53. The number of fused-ring (bicyclic) bond motifs is 2. The molecule has 2 aliphatic rings. The summed E-state index contributed by atoms with van der Waals surface area (Å²) in [5, 5.41) is 0. The molecule has 0 unspecified atom stereocenters. The number of piperidine rings is 1. The highest BCUT2D eigenvalue weighted by atomic mass is 16.1. The van der Waals surface area contributed by atoms with E-state index in [2.05, 4.69) is 4.90 Å². The molecule has 2 atom stereocenters. The van der Waals surface area contributed by atoms with Crippen molar-refractivity contribution < 1.29 is 0 Å². The van der Waals surface area contributed by atoms with Crippen molar-refractivity contribution in [1.29, 1.82) is 0 Å². The Bertz CT molecular complexity index is 767. The fraction of sp³-hybridized carbons (Fsp3) is 0.579. The molecule has 0 amide bonds. The minimum atomic E-state index is 0.0289. The maximum Gasteiger partial charge on any atom is 0.258 e. The molecule has 0 bridgehead atoms. The summed E-state index contributed by atoms with van der Waals surface area (Å²) in [7, 11) is 0. The van der Waals surface area contributed by atoms with Gasteiger partial charge >= 0.3 is 0 Å². The van der Waals surface area contributed by atoms with Gasteiger partial charge in [-0.25, -0.2) is 4.98 Å². The highest BCUT2D eigenvalue weighted by Crippen LogP contribution is 2.36. The van der Waals surface area contributed by atoms with E-state index < -0.39 is 0 Å². The van der Waals surface area contributed by atoms with E-state index in [1.54, 1.807) is 10.5 Å². The van der Waals surface area contributed by atoms with E-state index in [4.69, 9.17) is 4.98 Å². The van der Waals surface area contributed by atoms with Crippen molar-refractivity contribution >= 4 is 5.65 Å². The van der Waals surface area contributed by atoms with Crippen molar-refractivity contribution in [3.05, 3.63) is 46.0 Å². The first-order valence-electron chi connectivity index (χ1n) is 8.90. The number of hydrogen-bond donors (Lipinski definition) is 0. The molecule has 2 aromatic rings. The molecule has 23 heavy (non-hydrogen) atoms. The maximum absolute atomic E-state index is 12.3. The van der Waals surface area contributed by atoms with Gasteiger partial charge in [0.15, 0.2) is 0 Å². The lowest BCUT2D eigenvalue weighted by atomic mass is 9.75. The molecule has 122 valence electrons. The predicted molar refractivity (Wildman–Crippen MR) is 91.5 cm³/mol. The van der Waals surface area contributed by atoms with Crippen molar-refractivity contribution in [1.82, 2.24) is 14.3 Å².